The van der Waals surface area contributed by atoms with Crippen LogP contribution >= 0.6 is 11.6 Å². The summed E-state index contributed by atoms with van der Waals surface area (Å²) >= 11 is 5.88. The Morgan fingerprint density at radius 1 is 0.909 bits per heavy atom. The first kappa shape index (κ1) is 24.6. The van der Waals surface area contributed by atoms with Crippen molar-refractivity contribution in [1.82, 2.24) is 25.9 Å². The Balaban J connectivity index is 1.19. The van der Waals surface area contributed by atoms with E-state index in [1.807, 2.05) is 42.5 Å². The summed E-state index contributed by atoms with van der Waals surface area (Å²) in [5.41, 5.74) is 8.60. The zero-order valence-corrected chi connectivity index (χ0v) is 19.7. The topological polar surface area (TPSA) is 94.8 Å². The Kier molecular flexibility index (Phi) is 10.0. The van der Waals surface area contributed by atoms with Crippen molar-refractivity contribution in [3.05, 3.63) is 76.6 Å². The SMILES string of the molecule is N=c1ccc(Cl)nn1CCCCCCCCCCC(=O)NC1=CC=C(c2ccccc2)NN1. The molecule has 1 aliphatic rings. The van der Waals surface area contributed by atoms with Gasteiger partial charge in [-0.1, -0.05) is 80.5 Å². The van der Waals surface area contributed by atoms with Gasteiger partial charge in [-0.05, 0) is 42.7 Å². The van der Waals surface area contributed by atoms with Crippen LogP contribution in [0.5, 0.6) is 0 Å². The molecule has 0 spiro atoms. The monoisotopic (exact) mass is 468 g/mol. The van der Waals surface area contributed by atoms with Gasteiger partial charge in [0, 0.05) is 13.0 Å². The predicted molar refractivity (Wildman–Crippen MR) is 132 cm³/mol. The van der Waals surface area contributed by atoms with Crippen molar-refractivity contribution >= 4 is 23.2 Å². The first-order valence-corrected chi connectivity index (χ1v) is 12.1. The number of hydrogen-bond donors (Lipinski definition) is 4. The zero-order chi connectivity index (χ0) is 23.3. The molecule has 176 valence electrons. The minimum absolute atomic E-state index is 0.0352. The van der Waals surface area contributed by atoms with Crippen LogP contribution in [0.4, 0.5) is 0 Å². The van der Waals surface area contributed by atoms with Gasteiger partial charge in [-0.15, -0.1) is 0 Å². The summed E-state index contributed by atoms with van der Waals surface area (Å²) in [6.07, 6.45) is 13.2. The lowest BCUT2D eigenvalue weighted by Gasteiger charge is -2.20. The standard InChI is InChI=1S/C25H33ClN6O/c26-22-16-17-23(27)32(31-22)19-11-6-4-2-1-3-5-10-14-25(33)28-24-18-15-21(29-30-24)20-12-8-7-9-13-20/h7-9,12-13,15-18,27,29-30H,1-6,10-11,14,19H2,(H,28,33). The van der Waals surface area contributed by atoms with Crippen LogP contribution in [0.2, 0.25) is 5.15 Å². The first-order valence-electron chi connectivity index (χ1n) is 11.7. The fraction of sp³-hybridized carbons (Fsp3) is 0.400. The van der Waals surface area contributed by atoms with E-state index in [2.05, 4.69) is 21.3 Å². The third-order valence-electron chi connectivity index (χ3n) is 5.50. The maximum Gasteiger partial charge on any atom is 0.225 e. The lowest BCUT2D eigenvalue weighted by molar-refractivity contribution is -0.120. The van der Waals surface area contributed by atoms with E-state index in [0.29, 0.717) is 22.9 Å². The van der Waals surface area contributed by atoms with Gasteiger partial charge in [0.2, 0.25) is 5.91 Å². The maximum atomic E-state index is 12.2. The molecule has 0 fully saturated rings. The van der Waals surface area contributed by atoms with E-state index < -0.39 is 0 Å². The number of carbonyl (C=O) groups excluding carboxylic acids is 1. The number of nitrogens with one attached hydrogen (secondary N) is 4. The highest BCUT2D eigenvalue weighted by molar-refractivity contribution is 6.29. The van der Waals surface area contributed by atoms with E-state index in [-0.39, 0.29) is 5.91 Å². The summed E-state index contributed by atoms with van der Waals surface area (Å²) in [5, 5.41) is 15.3. The number of carbonyl (C=O) groups is 1. The van der Waals surface area contributed by atoms with Gasteiger partial charge < -0.3 is 5.32 Å². The number of rotatable bonds is 13. The Bertz CT molecular complexity index is 1020. The van der Waals surface area contributed by atoms with Gasteiger partial charge >= 0.3 is 0 Å². The Morgan fingerprint density at radius 3 is 2.30 bits per heavy atom. The van der Waals surface area contributed by atoms with E-state index in [1.54, 1.807) is 16.8 Å². The molecule has 1 aromatic heterocycles. The molecular formula is C25H33ClN6O. The molecule has 4 N–H and O–H groups in total. The van der Waals surface area contributed by atoms with Gasteiger partial charge in [0.25, 0.3) is 0 Å². The van der Waals surface area contributed by atoms with Gasteiger partial charge in [-0.3, -0.25) is 21.1 Å². The van der Waals surface area contributed by atoms with Gasteiger partial charge in [0.05, 0.1) is 5.70 Å². The van der Waals surface area contributed by atoms with Crippen LogP contribution in [0, 0.1) is 5.41 Å². The van der Waals surface area contributed by atoms with E-state index >= 15 is 0 Å². The third-order valence-corrected chi connectivity index (χ3v) is 5.71. The van der Waals surface area contributed by atoms with Crippen LogP contribution in [-0.2, 0) is 11.3 Å². The fourth-order valence-corrected chi connectivity index (χ4v) is 3.83. The molecule has 2 heterocycles. The molecule has 3 rings (SSSR count). The second-order valence-electron chi connectivity index (χ2n) is 8.17. The van der Waals surface area contributed by atoms with Gasteiger partial charge in [0.15, 0.2) is 0 Å². The molecule has 0 saturated carbocycles. The summed E-state index contributed by atoms with van der Waals surface area (Å²) in [7, 11) is 0. The quantitative estimate of drug-likeness (QED) is 0.322. The summed E-state index contributed by atoms with van der Waals surface area (Å²) in [6, 6.07) is 13.4. The number of hydrazine groups is 1. The van der Waals surface area contributed by atoms with Gasteiger partial charge in [-0.25, -0.2) is 4.68 Å². The van der Waals surface area contributed by atoms with Crippen LogP contribution in [-0.4, -0.2) is 15.7 Å². The Hall–Kier alpha value is -3.06. The summed E-state index contributed by atoms with van der Waals surface area (Å²) in [5.74, 6) is 0.705. The average molecular weight is 469 g/mol. The normalized spacial score (nSPS) is 12.9. The van der Waals surface area contributed by atoms with E-state index in [4.69, 9.17) is 17.0 Å². The number of unbranched alkanes of at least 4 members (excludes halogenated alkanes) is 7. The molecule has 0 radical (unpaired) electrons. The number of aromatic nitrogens is 2. The summed E-state index contributed by atoms with van der Waals surface area (Å²) < 4.78 is 1.65. The summed E-state index contributed by atoms with van der Waals surface area (Å²) in [6.45, 7) is 0.735. The lowest BCUT2D eigenvalue weighted by atomic mass is 10.1. The smallest absolute Gasteiger partial charge is 0.225 e. The summed E-state index contributed by atoms with van der Waals surface area (Å²) in [4.78, 5) is 12.2. The van der Waals surface area contributed by atoms with Crippen LogP contribution in [0.15, 0.2) is 60.4 Å². The van der Waals surface area contributed by atoms with Gasteiger partial charge in [-0.2, -0.15) is 5.10 Å². The number of aryl methyl sites for hydroxylation is 1. The van der Waals surface area contributed by atoms with Crippen molar-refractivity contribution in [2.75, 3.05) is 0 Å². The number of allylic oxidation sites excluding steroid dienone is 2. The number of benzene rings is 1. The molecular weight excluding hydrogens is 436 g/mol. The van der Waals surface area contributed by atoms with Crippen molar-refractivity contribution in [2.45, 2.75) is 64.3 Å². The van der Waals surface area contributed by atoms with E-state index in [1.165, 1.54) is 19.3 Å². The Morgan fingerprint density at radius 2 is 1.61 bits per heavy atom. The van der Waals surface area contributed by atoms with Crippen molar-refractivity contribution in [3.63, 3.8) is 0 Å². The van der Waals surface area contributed by atoms with Crippen molar-refractivity contribution < 1.29 is 4.79 Å². The predicted octanol–water partition coefficient (Wildman–Crippen LogP) is 4.63. The van der Waals surface area contributed by atoms with Crippen molar-refractivity contribution in [1.29, 1.82) is 5.41 Å². The molecule has 1 amide bonds. The number of nitrogens with zero attached hydrogens (tertiary/aromatic N) is 2. The highest BCUT2D eigenvalue weighted by Gasteiger charge is 2.09. The molecule has 0 saturated heterocycles. The molecule has 1 aromatic carbocycles. The molecule has 0 atom stereocenters. The highest BCUT2D eigenvalue weighted by atomic mass is 35.5. The lowest BCUT2D eigenvalue weighted by Crippen LogP contribution is -2.40. The maximum absolute atomic E-state index is 12.2. The number of halogens is 1. The van der Waals surface area contributed by atoms with E-state index in [0.717, 1.165) is 49.9 Å². The molecule has 33 heavy (non-hydrogen) atoms. The minimum atomic E-state index is 0.0352. The average Bonchev–Trinajstić information content (AvgIpc) is 2.83. The molecule has 2 aromatic rings. The molecule has 0 aliphatic carbocycles. The van der Waals surface area contributed by atoms with E-state index in [9.17, 15) is 4.79 Å². The van der Waals surface area contributed by atoms with Crippen molar-refractivity contribution in [3.8, 4) is 0 Å². The molecule has 8 heteroatoms. The largest absolute Gasteiger partial charge is 0.311 e. The second kappa shape index (κ2) is 13.5. The van der Waals surface area contributed by atoms with Gasteiger partial charge in [0.1, 0.15) is 16.5 Å². The first-order chi connectivity index (χ1) is 16.1. The van der Waals surface area contributed by atoms with Crippen LogP contribution in [0.25, 0.3) is 5.70 Å². The van der Waals surface area contributed by atoms with Crippen molar-refractivity contribution in [2.24, 2.45) is 0 Å². The molecule has 7 nitrogen and oxygen atoms in total. The van der Waals surface area contributed by atoms with Crippen LogP contribution in [0.1, 0.15) is 63.4 Å². The third kappa shape index (κ3) is 8.77. The van der Waals surface area contributed by atoms with Crippen LogP contribution in [0.3, 0.4) is 0 Å². The minimum Gasteiger partial charge on any atom is -0.311 e. The number of amides is 1. The molecule has 1 aliphatic heterocycles. The highest BCUT2D eigenvalue weighted by Crippen LogP contribution is 2.13. The zero-order valence-electron chi connectivity index (χ0n) is 18.9. The molecule has 0 bridgehead atoms. The van der Waals surface area contributed by atoms with Crippen LogP contribution < -0.4 is 21.7 Å². The molecule has 0 unspecified atom stereocenters. The fourth-order valence-electron chi connectivity index (χ4n) is 3.67. The Labute approximate surface area is 200 Å². The number of hydrogen-bond acceptors (Lipinski definition) is 5. The second-order valence-corrected chi connectivity index (χ2v) is 8.56.